The molecule has 67 heavy (non-hydrogen) atoms. The van der Waals surface area contributed by atoms with E-state index in [9.17, 15) is 19.8 Å². The number of carboxylic acids is 2. The van der Waals surface area contributed by atoms with E-state index in [0.29, 0.717) is 105 Å². The number of halogens is 4. The second kappa shape index (κ2) is 19.5. The van der Waals surface area contributed by atoms with Crippen LogP contribution in [0, 0.1) is 11.6 Å². The number of hydrogen-bond acceptors (Lipinski definition) is 12. The quantitative estimate of drug-likeness (QED) is 0.211. The van der Waals surface area contributed by atoms with Crippen LogP contribution >= 0.6 is 23.2 Å². The van der Waals surface area contributed by atoms with Crippen LogP contribution in [-0.2, 0) is 16.8 Å². The Morgan fingerprint density at radius 3 is 1.28 bits per heavy atom. The first-order chi connectivity index (χ1) is 31.7. The minimum absolute atomic E-state index is 0. The Morgan fingerprint density at radius 2 is 0.955 bits per heavy atom. The molecule has 4 aliphatic rings. The molecule has 4 aliphatic heterocycles. The number of carbonyl (C=O) groups excluding carboxylic acids is 2. The zero-order valence-corrected chi connectivity index (χ0v) is 39.6. The van der Waals surface area contributed by atoms with Crippen LogP contribution in [0.15, 0.2) is 83.0 Å². The van der Waals surface area contributed by atoms with E-state index in [1.807, 2.05) is 46.9 Å². The number of aromatic nitrogens is 2. The standard InChI is InChI=1S/2C24H24ClFN4O3.Co/c2*1-14-13-33-23-21-17(11-19(26)22(23)29-9-7-28(2)8-10-29)20(18(24(31)32)12-30(14)21)27-16-5-3-15(25)4-6-16;/h2*3-6,11-12,14H,7-10,13H2,1-2H3,(H,31,32);/q;;+2/p-2. The molecular weight excluding hydrogens is 952 g/mol. The van der Waals surface area contributed by atoms with Crippen molar-refractivity contribution in [2.24, 2.45) is 9.98 Å². The van der Waals surface area contributed by atoms with Crippen LogP contribution in [0.1, 0.15) is 46.6 Å². The van der Waals surface area contributed by atoms with Gasteiger partial charge in [-0.05, 0) is 88.6 Å². The first-order valence-electron chi connectivity index (χ1n) is 21.6. The monoisotopic (exact) mass is 997 g/mol. The van der Waals surface area contributed by atoms with Crippen molar-refractivity contribution in [3.05, 3.63) is 117 Å². The maximum absolute atomic E-state index is 15.6. The molecule has 2 atom stereocenters. The summed E-state index contributed by atoms with van der Waals surface area (Å²) in [6, 6.07) is 15.8. The number of anilines is 2. The van der Waals surface area contributed by atoms with Crippen molar-refractivity contribution in [2.45, 2.75) is 25.9 Å². The molecule has 2 fully saturated rings. The molecule has 0 spiro atoms. The molecule has 0 bridgehead atoms. The largest absolute Gasteiger partial charge is 2.00 e. The number of rotatable bonds is 6. The number of pyridine rings is 2. The minimum Gasteiger partial charge on any atom is -0.545 e. The maximum atomic E-state index is 15.6. The Kier molecular flexibility index (Phi) is 13.9. The number of ether oxygens (including phenoxy) is 2. The Morgan fingerprint density at radius 1 is 0.612 bits per heavy atom. The second-order valence-corrected chi connectivity index (χ2v) is 18.0. The van der Waals surface area contributed by atoms with Crippen LogP contribution in [0.2, 0.25) is 10.0 Å². The summed E-state index contributed by atoms with van der Waals surface area (Å²) in [4.78, 5) is 41.6. The first kappa shape index (κ1) is 47.8. The molecule has 19 heteroatoms. The van der Waals surface area contributed by atoms with Crippen molar-refractivity contribution >= 4 is 79.7 Å². The van der Waals surface area contributed by atoms with Gasteiger partial charge in [0.15, 0.2) is 23.1 Å². The number of likely N-dealkylation sites (N-methyl/N-ethyl adjacent to an activating group) is 2. The molecule has 6 aromatic rings. The van der Waals surface area contributed by atoms with E-state index in [0.717, 1.165) is 26.2 Å². The summed E-state index contributed by atoms with van der Waals surface area (Å²) in [7, 11) is 4.08. The fourth-order valence-corrected chi connectivity index (χ4v) is 9.17. The molecule has 0 amide bonds. The van der Waals surface area contributed by atoms with E-state index in [1.54, 1.807) is 48.5 Å². The summed E-state index contributed by atoms with van der Waals surface area (Å²) >= 11 is 11.9. The van der Waals surface area contributed by atoms with E-state index in [2.05, 4.69) is 19.8 Å². The topological polar surface area (TPSA) is 146 Å². The van der Waals surface area contributed by atoms with E-state index in [4.69, 9.17) is 32.7 Å². The average Bonchev–Trinajstić information content (AvgIpc) is 3.29. The van der Waals surface area contributed by atoms with Gasteiger partial charge in [0.25, 0.3) is 0 Å². The molecule has 10 rings (SSSR count). The fraction of sp³-hybridized carbons (Fsp3) is 0.333. The molecule has 6 heterocycles. The summed E-state index contributed by atoms with van der Waals surface area (Å²) in [5.74, 6) is -2.85. The van der Waals surface area contributed by atoms with Crippen molar-refractivity contribution in [1.29, 1.82) is 0 Å². The van der Waals surface area contributed by atoms with Crippen molar-refractivity contribution in [3.8, 4) is 11.5 Å². The van der Waals surface area contributed by atoms with Crippen molar-refractivity contribution in [2.75, 3.05) is 89.5 Å². The molecule has 2 saturated heterocycles. The van der Waals surface area contributed by atoms with Crippen molar-refractivity contribution < 1.29 is 54.8 Å². The molecule has 1 radical (unpaired) electrons. The number of carbonyl (C=O) groups is 2. The molecule has 2 unspecified atom stereocenters. The van der Waals surface area contributed by atoms with Gasteiger partial charge in [0.1, 0.15) is 24.6 Å². The Hall–Kier alpha value is -5.69. The van der Waals surface area contributed by atoms with Gasteiger partial charge in [0.2, 0.25) is 0 Å². The predicted molar refractivity (Wildman–Crippen MR) is 246 cm³/mol. The number of aromatic carboxylic acids is 2. The summed E-state index contributed by atoms with van der Waals surface area (Å²) in [6.45, 7) is 10.4. The zero-order valence-electron chi connectivity index (χ0n) is 37.0. The number of nitrogens with zero attached hydrogens (tertiary/aromatic N) is 8. The van der Waals surface area contributed by atoms with Gasteiger partial charge in [-0.25, -0.2) is 18.8 Å². The molecular formula is C48H46Cl2CoF2N8O6. The summed E-state index contributed by atoms with van der Waals surface area (Å²) in [5.41, 5.74) is 2.86. The van der Waals surface area contributed by atoms with Gasteiger partial charge >= 0.3 is 16.8 Å². The van der Waals surface area contributed by atoms with Crippen LogP contribution < -0.4 is 40.2 Å². The fourth-order valence-electron chi connectivity index (χ4n) is 8.92. The van der Waals surface area contributed by atoms with Crippen LogP contribution in [0.3, 0.4) is 0 Å². The third-order valence-electron chi connectivity index (χ3n) is 12.5. The second-order valence-electron chi connectivity index (χ2n) is 17.1. The van der Waals surface area contributed by atoms with Gasteiger partial charge in [0.05, 0.1) is 57.1 Å². The minimum atomic E-state index is -1.38. The van der Waals surface area contributed by atoms with Gasteiger partial charge in [-0.2, -0.15) is 0 Å². The molecule has 0 aliphatic carbocycles. The zero-order chi connectivity index (χ0) is 46.6. The third-order valence-corrected chi connectivity index (χ3v) is 13.0. The average molecular weight is 999 g/mol. The Labute approximate surface area is 405 Å². The van der Waals surface area contributed by atoms with E-state index in [-0.39, 0.29) is 50.7 Å². The van der Waals surface area contributed by atoms with E-state index < -0.39 is 23.6 Å². The molecule has 351 valence electrons. The summed E-state index contributed by atoms with van der Waals surface area (Å²) in [6.07, 6.45) is 3.05. The molecule has 0 N–H and O–H groups in total. The number of benzene rings is 4. The Bertz CT molecular complexity index is 2840. The van der Waals surface area contributed by atoms with Crippen molar-refractivity contribution in [3.63, 3.8) is 0 Å². The molecule has 4 aromatic carbocycles. The van der Waals surface area contributed by atoms with Crippen LogP contribution in [-0.4, -0.2) is 111 Å². The SMILES string of the molecule is CC1COc2c(N3CCN(C)CC3)c(F)cc3c(=Nc4ccc(Cl)cc4)c(C(=O)[O-])cn1c23.CC1COc2c(N3CCN(C)CC3)c(F)cc3c(=Nc4ccc(Cl)cc4)c(C(=O)[O-])cn1c23.[Co+2]. The summed E-state index contributed by atoms with van der Waals surface area (Å²) < 4.78 is 47.1. The normalized spacial score (nSPS) is 18.8. The van der Waals surface area contributed by atoms with Gasteiger partial charge in [0, 0.05) is 96.7 Å². The van der Waals surface area contributed by atoms with Crippen LogP contribution in [0.5, 0.6) is 11.5 Å². The van der Waals surface area contributed by atoms with Crippen LogP contribution in [0.25, 0.3) is 21.8 Å². The van der Waals surface area contributed by atoms with Gasteiger partial charge in [-0.15, -0.1) is 0 Å². The van der Waals surface area contributed by atoms with Crippen molar-refractivity contribution in [1.82, 2.24) is 18.9 Å². The van der Waals surface area contributed by atoms with Gasteiger partial charge in [-0.3, -0.25) is 0 Å². The van der Waals surface area contributed by atoms with Crippen LogP contribution in [0.4, 0.5) is 31.5 Å². The Balaban J connectivity index is 0.000000179. The smallest absolute Gasteiger partial charge is 0.545 e. The van der Waals surface area contributed by atoms with Gasteiger partial charge in [-0.1, -0.05) is 23.2 Å². The number of carboxylic acid groups (broad SMARTS) is 2. The predicted octanol–water partition coefficient (Wildman–Crippen LogP) is 5.47. The molecule has 0 saturated carbocycles. The van der Waals surface area contributed by atoms with Gasteiger partial charge < -0.3 is 58.0 Å². The molecule has 2 aromatic heterocycles. The number of piperazine rings is 2. The van der Waals surface area contributed by atoms with E-state index in [1.165, 1.54) is 24.5 Å². The first-order valence-corrected chi connectivity index (χ1v) is 22.4. The third kappa shape index (κ3) is 9.32. The van der Waals surface area contributed by atoms with E-state index >= 15 is 8.78 Å². The molecule has 14 nitrogen and oxygen atoms in total. The maximum Gasteiger partial charge on any atom is 2.00 e. The summed E-state index contributed by atoms with van der Waals surface area (Å²) in [5, 5.41) is 26.2. The number of hydrogen-bond donors (Lipinski definition) is 0.